The smallest absolute Gasteiger partial charge is 0.280 e. The number of nitrogens with zero attached hydrogens (tertiary/aromatic N) is 4. The molecule has 2 heterocycles. The number of pyridine rings is 1. The first-order chi connectivity index (χ1) is 13.3. The summed E-state index contributed by atoms with van der Waals surface area (Å²) in [6.45, 7) is 0.363. The summed E-state index contributed by atoms with van der Waals surface area (Å²) in [5.41, 5.74) is 4.16. The lowest BCUT2D eigenvalue weighted by Gasteiger charge is -2.22. The van der Waals surface area contributed by atoms with Gasteiger partial charge in [0.2, 0.25) is 0 Å². The molecule has 132 valence electrons. The first-order valence-electron chi connectivity index (χ1n) is 8.45. The van der Waals surface area contributed by atoms with Gasteiger partial charge in [0.05, 0.1) is 12.2 Å². The molecule has 4 rings (SSSR count). The summed E-state index contributed by atoms with van der Waals surface area (Å²) < 4.78 is 3.81. The minimum atomic E-state index is -0.193. The standard InChI is InChI=1S/C21H16N4OS/c26-21(20-15-27-24-23-20)25(14-18-8-4-5-13-22-18)19-11-9-17(10-12-19)16-6-2-1-3-7-16/h1-13,15H,14H2. The quantitative estimate of drug-likeness (QED) is 0.519. The number of amides is 1. The van der Waals surface area contributed by atoms with E-state index in [1.807, 2.05) is 60.7 Å². The molecule has 2 aromatic heterocycles. The van der Waals surface area contributed by atoms with Gasteiger partial charge in [-0.1, -0.05) is 53.0 Å². The Morgan fingerprint density at radius 1 is 0.889 bits per heavy atom. The molecule has 4 aromatic rings. The highest BCUT2D eigenvalue weighted by atomic mass is 32.1. The molecule has 27 heavy (non-hydrogen) atoms. The number of carbonyl (C=O) groups is 1. The van der Waals surface area contributed by atoms with Gasteiger partial charge in [-0.2, -0.15) is 0 Å². The highest BCUT2D eigenvalue weighted by Gasteiger charge is 2.21. The topological polar surface area (TPSA) is 59.0 Å². The number of hydrogen-bond acceptors (Lipinski definition) is 5. The number of aromatic nitrogens is 3. The maximum Gasteiger partial charge on any atom is 0.280 e. The third-order valence-corrected chi connectivity index (χ3v) is 4.66. The fraction of sp³-hybridized carbons (Fsp3) is 0.0476. The average molecular weight is 372 g/mol. The molecule has 0 unspecified atom stereocenters. The van der Waals surface area contributed by atoms with Crippen LogP contribution in [0.15, 0.2) is 84.4 Å². The van der Waals surface area contributed by atoms with E-state index in [-0.39, 0.29) is 5.91 Å². The van der Waals surface area contributed by atoms with E-state index >= 15 is 0 Å². The van der Waals surface area contributed by atoms with Crippen LogP contribution in [0.2, 0.25) is 0 Å². The Bertz CT molecular complexity index is 1000. The van der Waals surface area contributed by atoms with Crippen molar-refractivity contribution in [3.05, 3.63) is 95.8 Å². The normalized spacial score (nSPS) is 10.5. The zero-order chi connectivity index (χ0) is 18.5. The Morgan fingerprint density at radius 2 is 1.63 bits per heavy atom. The van der Waals surface area contributed by atoms with Crippen molar-refractivity contribution in [1.29, 1.82) is 0 Å². The van der Waals surface area contributed by atoms with E-state index in [9.17, 15) is 4.79 Å². The molecule has 5 nitrogen and oxygen atoms in total. The van der Waals surface area contributed by atoms with E-state index in [0.29, 0.717) is 12.2 Å². The first-order valence-corrected chi connectivity index (χ1v) is 9.29. The molecule has 0 N–H and O–H groups in total. The molecular formula is C21H16N4OS. The molecule has 0 radical (unpaired) electrons. The average Bonchev–Trinajstić information content (AvgIpc) is 3.28. The van der Waals surface area contributed by atoms with Crippen LogP contribution in [0.1, 0.15) is 16.2 Å². The van der Waals surface area contributed by atoms with Crippen LogP contribution in [-0.4, -0.2) is 20.5 Å². The predicted molar refractivity (Wildman–Crippen MR) is 107 cm³/mol. The second-order valence-corrected chi connectivity index (χ2v) is 6.53. The lowest BCUT2D eigenvalue weighted by molar-refractivity contribution is 0.0980. The van der Waals surface area contributed by atoms with E-state index < -0.39 is 0 Å². The van der Waals surface area contributed by atoms with E-state index in [1.54, 1.807) is 16.5 Å². The van der Waals surface area contributed by atoms with Gasteiger partial charge in [0.15, 0.2) is 5.69 Å². The minimum Gasteiger partial charge on any atom is -0.301 e. The lowest BCUT2D eigenvalue weighted by atomic mass is 10.1. The van der Waals surface area contributed by atoms with Gasteiger partial charge in [0, 0.05) is 17.3 Å². The number of hydrogen-bond donors (Lipinski definition) is 0. The van der Waals surface area contributed by atoms with Crippen LogP contribution < -0.4 is 4.90 Å². The van der Waals surface area contributed by atoms with Crippen molar-refractivity contribution in [1.82, 2.24) is 14.6 Å². The van der Waals surface area contributed by atoms with Crippen LogP contribution >= 0.6 is 11.5 Å². The van der Waals surface area contributed by atoms with Crippen molar-refractivity contribution in [2.45, 2.75) is 6.54 Å². The van der Waals surface area contributed by atoms with Crippen molar-refractivity contribution < 1.29 is 4.79 Å². The summed E-state index contributed by atoms with van der Waals surface area (Å²) in [5.74, 6) is -0.193. The summed E-state index contributed by atoms with van der Waals surface area (Å²) >= 11 is 1.16. The minimum absolute atomic E-state index is 0.193. The number of rotatable bonds is 5. The number of benzene rings is 2. The Kier molecular flexibility index (Phi) is 4.98. The molecule has 0 fully saturated rings. The van der Waals surface area contributed by atoms with Gasteiger partial charge >= 0.3 is 0 Å². The van der Waals surface area contributed by atoms with Crippen molar-refractivity contribution in [2.75, 3.05) is 4.90 Å². The number of carbonyl (C=O) groups excluding carboxylic acids is 1. The van der Waals surface area contributed by atoms with Crippen LogP contribution in [0.3, 0.4) is 0 Å². The van der Waals surface area contributed by atoms with E-state index in [4.69, 9.17) is 0 Å². The molecule has 0 saturated heterocycles. The third-order valence-electron chi connectivity index (χ3n) is 4.16. The molecule has 0 bridgehead atoms. The van der Waals surface area contributed by atoms with E-state index in [1.165, 1.54) is 0 Å². The molecular weight excluding hydrogens is 356 g/mol. The Morgan fingerprint density at radius 3 is 2.30 bits per heavy atom. The van der Waals surface area contributed by atoms with Gasteiger partial charge in [0.1, 0.15) is 0 Å². The summed E-state index contributed by atoms with van der Waals surface area (Å²) in [5, 5.41) is 5.59. The maximum absolute atomic E-state index is 13.0. The molecule has 0 aliphatic rings. The van der Waals surface area contributed by atoms with Gasteiger partial charge in [-0.3, -0.25) is 9.78 Å². The zero-order valence-corrected chi connectivity index (χ0v) is 15.2. The van der Waals surface area contributed by atoms with E-state index in [2.05, 4.69) is 26.7 Å². The van der Waals surface area contributed by atoms with Crippen molar-refractivity contribution >= 4 is 23.1 Å². The molecule has 0 aliphatic heterocycles. The molecule has 0 spiro atoms. The van der Waals surface area contributed by atoms with Crippen molar-refractivity contribution in [3.63, 3.8) is 0 Å². The Balaban J connectivity index is 1.66. The van der Waals surface area contributed by atoms with Crippen molar-refractivity contribution in [2.24, 2.45) is 0 Å². The fourth-order valence-corrected chi connectivity index (χ4v) is 3.22. The van der Waals surface area contributed by atoms with Crippen LogP contribution in [0.25, 0.3) is 11.1 Å². The predicted octanol–water partition coefficient (Wildman–Crippen LogP) is 4.45. The van der Waals surface area contributed by atoms with Gasteiger partial charge in [-0.05, 0) is 46.9 Å². The summed E-state index contributed by atoms with van der Waals surface area (Å²) in [6.07, 6.45) is 1.72. The van der Waals surface area contributed by atoms with Crippen LogP contribution in [0.4, 0.5) is 5.69 Å². The highest BCUT2D eigenvalue weighted by Crippen LogP contribution is 2.25. The third kappa shape index (κ3) is 3.91. The summed E-state index contributed by atoms with van der Waals surface area (Å²) in [7, 11) is 0. The number of anilines is 1. The van der Waals surface area contributed by atoms with E-state index in [0.717, 1.165) is 34.0 Å². The monoisotopic (exact) mass is 372 g/mol. The van der Waals surface area contributed by atoms with Crippen LogP contribution in [-0.2, 0) is 6.54 Å². The van der Waals surface area contributed by atoms with Gasteiger partial charge in [-0.25, -0.2) is 0 Å². The summed E-state index contributed by atoms with van der Waals surface area (Å²) in [6, 6.07) is 23.7. The van der Waals surface area contributed by atoms with Crippen LogP contribution in [0.5, 0.6) is 0 Å². The Hall–Kier alpha value is -3.38. The maximum atomic E-state index is 13.0. The highest BCUT2D eigenvalue weighted by molar-refractivity contribution is 7.03. The molecule has 0 aliphatic carbocycles. The lowest BCUT2D eigenvalue weighted by Crippen LogP contribution is -2.31. The molecule has 2 aromatic carbocycles. The van der Waals surface area contributed by atoms with Gasteiger partial charge in [0.25, 0.3) is 5.91 Å². The first kappa shape index (κ1) is 17.1. The SMILES string of the molecule is O=C(c1csnn1)N(Cc1ccccn1)c1ccc(-c2ccccc2)cc1. The Labute approximate surface area is 161 Å². The fourth-order valence-electron chi connectivity index (χ4n) is 2.79. The largest absolute Gasteiger partial charge is 0.301 e. The summed E-state index contributed by atoms with van der Waals surface area (Å²) in [4.78, 5) is 19.0. The van der Waals surface area contributed by atoms with Gasteiger partial charge < -0.3 is 4.90 Å². The second-order valence-electron chi connectivity index (χ2n) is 5.92. The van der Waals surface area contributed by atoms with Gasteiger partial charge in [-0.15, -0.1) is 5.10 Å². The van der Waals surface area contributed by atoms with Crippen molar-refractivity contribution in [3.8, 4) is 11.1 Å². The molecule has 0 atom stereocenters. The second kappa shape index (κ2) is 7.88. The van der Waals surface area contributed by atoms with Crippen LogP contribution in [0, 0.1) is 0 Å². The molecule has 6 heteroatoms. The molecule has 1 amide bonds. The zero-order valence-electron chi connectivity index (χ0n) is 14.4. The molecule has 0 saturated carbocycles.